The molecule has 1 fully saturated rings. The van der Waals surface area contributed by atoms with Gasteiger partial charge in [0, 0.05) is 19.8 Å². The molecule has 0 spiro atoms. The van der Waals surface area contributed by atoms with Gasteiger partial charge in [0.15, 0.2) is 0 Å². The van der Waals surface area contributed by atoms with Gasteiger partial charge in [-0.05, 0) is 0 Å². The van der Waals surface area contributed by atoms with Crippen LogP contribution < -0.4 is 0 Å². The number of hydrogen-bond donors (Lipinski definition) is 0. The van der Waals surface area contributed by atoms with Crippen molar-refractivity contribution >= 4 is 23.9 Å². The summed E-state index contributed by atoms with van der Waals surface area (Å²) in [4.78, 5) is 49.2. The molecule has 0 aromatic heterocycles. The minimum Gasteiger partial charge on any atom is -0.425 e. The number of hydroxylamine groups is 2. The fourth-order valence-corrected chi connectivity index (χ4v) is 1.21. The van der Waals surface area contributed by atoms with Crippen LogP contribution in [0.3, 0.4) is 0 Å². The lowest BCUT2D eigenvalue weighted by Gasteiger charge is -2.17. The summed E-state index contributed by atoms with van der Waals surface area (Å²) in [7, 11) is 0. The molecule has 0 aromatic carbocycles. The lowest BCUT2D eigenvalue weighted by Crippen LogP contribution is -2.34. The fourth-order valence-electron chi connectivity index (χ4n) is 1.21. The summed E-state index contributed by atoms with van der Waals surface area (Å²) >= 11 is 0. The van der Waals surface area contributed by atoms with Crippen LogP contribution in [0.4, 0.5) is 4.79 Å². The van der Waals surface area contributed by atoms with Crippen molar-refractivity contribution in [3.8, 4) is 0 Å². The Kier molecular flexibility index (Phi) is 4.85. The number of nitrogens with zero attached hydrogens (tertiary/aromatic N) is 1. The SMILES string of the molecule is CC(C)C(=O)O[C@@H](C)OC(=O)ON1C(=O)CCC1=O. The number of rotatable bonds is 4. The molecule has 1 atom stereocenters. The van der Waals surface area contributed by atoms with E-state index in [1.807, 2.05) is 0 Å². The van der Waals surface area contributed by atoms with Crippen LogP contribution in [0.25, 0.3) is 0 Å². The molecule has 0 aliphatic carbocycles. The Morgan fingerprint density at radius 3 is 2.05 bits per heavy atom. The highest BCUT2D eigenvalue weighted by atomic mass is 16.9. The number of carbonyl (C=O) groups excluding carboxylic acids is 4. The van der Waals surface area contributed by atoms with E-state index in [0.717, 1.165) is 0 Å². The van der Waals surface area contributed by atoms with E-state index < -0.39 is 30.2 Å². The monoisotopic (exact) mass is 273 g/mol. The van der Waals surface area contributed by atoms with Crippen LogP contribution in [0.5, 0.6) is 0 Å². The number of amides is 2. The molecule has 2 amide bonds. The maximum atomic E-state index is 11.3. The quantitative estimate of drug-likeness (QED) is 0.423. The molecule has 8 heteroatoms. The van der Waals surface area contributed by atoms with Crippen LogP contribution in [0.15, 0.2) is 0 Å². The van der Waals surface area contributed by atoms with Crippen LogP contribution >= 0.6 is 0 Å². The van der Waals surface area contributed by atoms with E-state index in [9.17, 15) is 19.2 Å². The largest absolute Gasteiger partial charge is 0.537 e. The van der Waals surface area contributed by atoms with Gasteiger partial charge in [-0.15, -0.1) is 0 Å². The van der Waals surface area contributed by atoms with Gasteiger partial charge >= 0.3 is 12.1 Å². The van der Waals surface area contributed by atoms with E-state index in [-0.39, 0.29) is 18.8 Å². The van der Waals surface area contributed by atoms with Gasteiger partial charge in [0.1, 0.15) is 0 Å². The first kappa shape index (κ1) is 14.9. The lowest BCUT2D eigenvalue weighted by molar-refractivity contribution is -0.192. The van der Waals surface area contributed by atoms with Crippen molar-refractivity contribution in [3.63, 3.8) is 0 Å². The second-order valence-electron chi connectivity index (χ2n) is 4.20. The fraction of sp³-hybridized carbons (Fsp3) is 0.636. The maximum absolute atomic E-state index is 11.3. The summed E-state index contributed by atoms with van der Waals surface area (Å²) in [5.74, 6) is -2.15. The van der Waals surface area contributed by atoms with Gasteiger partial charge in [0.25, 0.3) is 11.8 Å². The molecule has 0 N–H and O–H groups in total. The topological polar surface area (TPSA) is 99.2 Å². The second-order valence-corrected chi connectivity index (χ2v) is 4.20. The summed E-state index contributed by atoms with van der Waals surface area (Å²) in [5, 5.41) is 0.347. The number of carbonyl (C=O) groups is 4. The number of ether oxygens (including phenoxy) is 2. The van der Waals surface area contributed by atoms with Gasteiger partial charge in [-0.1, -0.05) is 18.9 Å². The van der Waals surface area contributed by atoms with Gasteiger partial charge in [-0.2, -0.15) is 0 Å². The molecule has 1 rings (SSSR count). The second kappa shape index (κ2) is 6.17. The van der Waals surface area contributed by atoms with Gasteiger partial charge < -0.3 is 9.47 Å². The third-order valence-electron chi connectivity index (χ3n) is 2.19. The zero-order valence-electron chi connectivity index (χ0n) is 10.9. The van der Waals surface area contributed by atoms with E-state index in [4.69, 9.17) is 4.74 Å². The van der Waals surface area contributed by atoms with Crippen molar-refractivity contribution < 1.29 is 33.5 Å². The molecule has 0 radical (unpaired) electrons. The van der Waals surface area contributed by atoms with Crippen LogP contribution in [-0.2, 0) is 28.7 Å². The normalized spacial score (nSPS) is 16.5. The molecule has 1 saturated heterocycles. The van der Waals surface area contributed by atoms with Crippen LogP contribution in [-0.4, -0.2) is 35.3 Å². The average Bonchev–Trinajstić information content (AvgIpc) is 2.60. The highest BCUT2D eigenvalue weighted by Crippen LogP contribution is 2.13. The van der Waals surface area contributed by atoms with Crippen molar-refractivity contribution in [3.05, 3.63) is 0 Å². The van der Waals surface area contributed by atoms with Gasteiger partial charge in [-0.3, -0.25) is 19.2 Å². The van der Waals surface area contributed by atoms with Crippen molar-refractivity contribution in [1.29, 1.82) is 0 Å². The Bertz CT molecular complexity index is 388. The van der Waals surface area contributed by atoms with Gasteiger partial charge in [0.2, 0.25) is 6.29 Å². The molecule has 1 aliphatic heterocycles. The van der Waals surface area contributed by atoms with Crippen LogP contribution in [0, 0.1) is 5.92 Å². The molecular formula is C11H15NO7. The molecular weight excluding hydrogens is 258 g/mol. The lowest BCUT2D eigenvalue weighted by atomic mass is 10.2. The third-order valence-corrected chi connectivity index (χ3v) is 2.19. The Labute approximate surface area is 109 Å². The molecule has 0 bridgehead atoms. The van der Waals surface area contributed by atoms with E-state index in [1.54, 1.807) is 13.8 Å². The molecule has 8 nitrogen and oxygen atoms in total. The molecule has 1 aliphatic rings. The molecule has 19 heavy (non-hydrogen) atoms. The molecule has 0 aromatic rings. The summed E-state index contributed by atoms with van der Waals surface area (Å²) in [6, 6.07) is 0. The Morgan fingerprint density at radius 2 is 1.58 bits per heavy atom. The van der Waals surface area contributed by atoms with Crippen molar-refractivity contribution in [1.82, 2.24) is 5.06 Å². The maximum Gasteiger partial charge on any atom is 0.537 e. The first-order chi connectivity index (χ1) is 8.81. The summed E-state index contributed by atoms with van der Waals surface area (Å²) in [5.41, 5.74) is 0. The van der Waals surface area contributed by atoms with Gasteiger partial charge in [0.05, 0.1) is 5.92 Å². The Morgan fingerprint density at radius 1 is 1.05 bits per heavy atom. The molecule has 106 valence electrons. The zero-order valence-corrected chi connectivity index (χ0v) is 10.9. The van der Waals surface area contributed by atoms with Crippen molar-refractivity contribution in [2.75, 3.05) is 0 Å². The minimum atomic E-state index is -1.28. The Hall–Kier alpha value is -2.12. The van der Waals surface area contributed by atoms with Crippen molar-refractivity contribution in [2.24, 2.45) is 5.92 Å². The summed E-state index contributed by atoms with van der Waals surface area (Å²) in [6.45, 7) is 4.55. The summed E-state index contributed by atoms with van der Waals surface area (Å²) in [6.07, 6.45) is -2.48. The highest BCUT2D eigenvalue weighted by Gasteiger charge is 2.34. The first-order valence-electron chi connectivity index (χ1n) is 5.76. The zero-order chi connectivity index (χ0) is 14.6. The average molecular weight is 273 g/mol. The van der Waals surface area contributed by atoms with E-state index >= 15 is 0 Å². The molecule has 0 saturated carbocycles. The first-order valence-corrected chi connectivity index (χ1v) is 5.76. The van der Waals surface area contributed by atoms with Gasteiger partial charge in [-0.25, -0.2) is 4.79 Å². The predicted molar refractivity (Wildman–Crippen MR) is 59.0 cm³/mol. The number of hydrogen-bond acceptors (Lipinski definition) is 7. The van der Waals surface area contributed by atoms with E-state index in [1.165, 1.54) is 6.92 Å². The summed E-state index contributed by atoms with van der Waals surface area (Å²) < 4.78 is 9.33. The third kappa shape index (κ3) is 4.23. The van der Waals surface area contributed by atoms with Crippen LogP contribution in [0.1, 0.15) is 33.6 Å². The smallest absolute Gasteiger partial charge is 0.425 e. The molecule has 1 heterocycles. The molecule has 0 unspecified atom stereocenters. The van der Waals surface area contributed by atoms with E-state index in [2.05, 4.69) is 9.57 Å². The Balaban J connectivity index is 2.41. The minimum absolute atomic E-state index is 0.00992. The standard InChI is InChI=1S/C11H15NO7/c1-6(2)10(15)17-7(3)18-11(16)19-12-8(13)4-5-9(12)14/h6-7H,4-5H2,1-3H3/t7-/m1/s1. The number of esters is 1. The van der Waals surface area contributed by atoms with Crippen LogP contribution in [0.2, 0.25) is 0 Å². The highest BCUT2D eigenvalue weighted by molar-refractivity contribution is 6.01. The predicted octanol–water partition coefficient (Wildman–Crippen LogP) is 0.749. The van der Waals surface area contributed by atoms with Crippen molar-refractivity contribution in [2.45, 2.75) is 39.9 Å². The van der Waals surface area contributed by atoms with E-state index in [0.29, 0.717) is 5.06 Å². The number of imide groups is 1.